The van der Waals surface area contributed by atoms with Gasteiger partial charge in [-0.25, -0.2) is 0 Å². The van der Waals surface area contributed by atoms with Crippen LogP contribution < -0.4 is 0 Å². The zero-order chi connectivity index (χ0) is 33.6. The van der Waals surface area contributed by atoms with Crippen molar-refractivity contribution in [1.29, 1.82) is 0 Å². The lowest BCUT2D eigenvalue weighted by Gasteiger charge is -2.18. The minimum atomic E-state index is 0.610. The summed E-state index contributed by atoms with van der Waals surface area (Å²) in [5, 5.41) is 0. The third-order valence-corrected chi connectivity index (χ3v) is 10.4. The van der Waals surface area contributed by atoms with Crippen LogP contribution in [0.4, 0.5) is 0 Å². The molecule has 4 aliphatic heterocycles. The highest BCUT2D eigenvalue weighted by atomic mass is 15.2. The van der Waals surface area contributed by atoms with Crippen LogP contribution in [-0.4, -0.2) is 93.9 Å². The van der Waals surface area contributed by atoms with Crippen LogP contribution >= 0.6 is 0 Å². The predicted octanol–water partition coefficient (Wildman–Crippen LogP) is 7.39. The van der Waals surface area contributed by atoms with Gasteiger partial charge in [0, 0.05) is 73.7 Å². The van der Waals surface area contributed by atoms with Crippen molar-refractivity contribution < 1.29 is 0 Å². The molecule has 0 aromatic carbocycles. The van der Waals surface area contributed by atoms with Crippen molar-refractivity contribution in [3.8, 4) is 0 Å². The quantitative estimate of drug-likeness (QED) is 0.227. The first-order chi connectivity index (χ1) is 23.5. The summed E-state index contributed by atoms with van der Waals surface area (Å²) in [5.74, 6) is 0. The molecule has 4 aromatic heterocycles. The minimum absolute atomic E-state index is 0.610. The molecule has 8 heterocycles. The van der Waals surface area contributed by atoms with Gasteiger partial charge in [0.15, 0.2) is 0 Å². The van der Waals surface area contributed by atoms with Crippen LogP contribution in [0.25, 0.3) is 0 Å². The Bertz CT molecular complexity index is 1200. The van der Waals surface area contributed by atoms with Gasteiger partial charge in [-0.1, -0.05) is 24.3 Å². The number of hydrogen-bond donors (Lipinski definition) is 0. The van der Waals surface area contributed by atoms with Gasteiger partial charge in [-0.3, -0.25) is 39.5 Å². The van der Waals surface area contributed by atoms with Gasteiger partial charge in [0.1, 0.15) is 0 Å². The first-order valence-electron chi connectivity index (χ1n) is 17.9. The molecule has 4 atom stereocenters. The van der Waals surface area contributed by atoms with Gasteiger partial charge >= 0.3 is 0 Å². The van der Waals surface area contributed by atoms with Crippen molar-refractivity contribution in [3.63, 3.8) is 0 Å². The minimum Gasteiger partial charge on any atom is -0.299 e. The fraction of sp³-hybridized carbons (Fsp3) is 0.500. The number of aromatic nitrogens is 4. The second kappa shape index (κ2) is 18.8. The Hall–Kier alpha value is -3.56. The van der Waals surface area contributed by atoms with E-state index in [1.54, 1.807) is 0 Å². The van der Waals surface area contributed by atoms with Gasteiger partial charge in [0.25, 0.3) is 0 Å². The van der Waals surface area contributed by atoms with Crippen LogP contribution in [0.1, 0.15) is 97.8 Å². The van der Waals surface area contributed by atoms with E-state index >= 15 is 0 Å². The average molecular weight is 649 g/mol. The first kappa shape index (κ1) is 35.7. The summed E-state index contributed by atoms with van der Waals surface area (Å²) in [6.07, 6.45) is 25.6. The molecule has 8 heteroatoms. The molecule has 8 rings (SSSR count). The molecule has 256 valence electrons. The Morgan fingerprint density at radius 2 is 0.625 bits per heavy atom. The Balaban J connectivity index is 0.000000125. The smallest absolute Gasteiger partial charge is 0.0360 e. The first-order valence-corrected chi connectivity index (χ1v) is 17.9. The highest BCUT2D eigenvalue weighted by Gasteiger charge is 2.24. The van der Waals surface area contributed by atoms with E-state index in [4.69, 9.17) is 0 Å². The molecule has 4 aliphatic rings. The number of hydrogen-bond acceptors (Lipinski definition) is 8. The molecular formula is C40H56N8. The molecule has 0 radical (unpaired) electrons. The van der Waals surface area contributed by atoms with E-state index in [0.717, 1.165) is 0 Å². The molecular weight excluding hydrogens is 592 g/mol. The monoisotopic (exact) mass is 648 g/mol. The fourth-order valence-electron chi connectivity index (χ4n) is 7.62. The third-order valence-electron chi connectivity index (χ3n) is 10.4. The molecule has 4 saturated heterocycles. The van der Waals surface area contributed by atoms with E-state index in [1.807, 2.05) is 73.8 Å². The van der Waals surface area contributed by atoms with Crippen LogP contribution in [-0.2, 0) is 0 Å². The molecule has 0 N–H and O–H groups in total. The normalized spacial score (nSPS) is 24.6. The Morgan fingerprint density at radius 1 is 0.396 bits per heavy atom. The summed E-state index contributed by atoms with van der Waals surface area (Å²) < 4.78 is 0. The summed E-state index contributed by atoms with van der Waals surface area (Å²) in [6, 6.07) is 19.2. The summed E-state index contributed by atoms with van der Waals surface area (Å²) in [7, 11) is 8.74. The molecule has 4 fully saturated rings. The SMILES string of the molecule is CN1CCC[C@H]1c1cccnc1.CN1CCC[C@H]1c1cccnc1.CN1CCC[C@H]1c1cccnc1.CN1CCC[C@H]1c1cccnc1. The van der Waals surface area contributed by atoms with Gasteiger partial charge in [-0.2, -0.15) is 0 Å². The Kier molecular flexibility index (Phi) is 14.0. The predicted molar refractivity (Wildman–Crippen MR) is 195 cm³/mol. The largest absolute Gasteiger partial charge is 0.299 e. The average Bonchev–Trinajstić information content (AvgIpc) is 3.96. The second-order valence-corrected chi connectivity index (χ2v) is 13.7. The molecule has 8 nitrogen and oxygen atoms in total. The molecule has 0 amide bonds. The number of pyridine rings is 4. The lowest BCUT2D eigenvalue weighted by Crippen LogP contribution is -2.17. The number of likely N-dealkylation sites (tertiary alicyclic amines) is 4. The van der Waals surface area contributed by atoms with E-state index < -0.39 is 0 Å². The van der Waals surface area contributed by atoms with Gasteiger partial charge in [0.2, 0.25) is 0 Å². The van der Waals surface area contributed by atoms with Crippen LogP contribution in [0.5, 0.6) is 0 Å². The van der Waals surface area contributed by atoms with Crippen molar-refractivity contribution in [3.05, 3.63) is 120 Å². The van der Waals surface area contributed by atoms with Gasteiger partial charge in [-0.15, -0.1) is 0 Å². The number of rotatable bonds is 4. The molecule has 0 unspecified atom stereocenters. The van der Waals surface area contributed by atoms with E-state index in [9.17, 15) is 0 Å². The second-order valence-electron chi connectivity index (χ2n) is 13.7. The standard InChI is InChI=1S/4C10H14N2/c4*1-12-7-3-5-10(12)9-4-2-6-11-8-9/h4*2,4,6,8,10H,3,5,7H2,1H3/t4*10-/m0000/s1. The van der Waals surface area contributed by atoms with Gasteiger partial charge in [-0.05, 0) is 152 Å². The zero-order valence-corrected chi connectivity index (χ0v) is 29.6. The maximum absolute atomic E-state index is 4.14. The van der Waals surface area contributed by atoms with Gasteiger partial charge < -0.3 is 0 Å². The summed E-state index contributed by atoms with van der Waals surface area (Å²) in [4.78, 5) is 26.1. The molecule has 0 saturated carbocycles. The van der Waals surface area contributed by atoms with Crippen LogP contribution in [0.2, 0.25) is 0 Å². The fourth-order valence-corrected chi connectivity index (χ4v) is 7.62. The van der Waals surface area contributed by atoms with Crippen molar-refractivity contribution in [2.24, 2.45) is 0 Å². The summed E-state index contributed by atoms with van der Waals surface area (Å²) in [5.41, 5.74) is 5.44. The Labute approximate surface area is 289 Å². The molecule has 48 heavy (non-hydrogen) atoms. The molecule has 4 aromatic rings. The highest BCUT2D eigenvalue weighted by Crippen LogP contribution is 2.31. The summed E-state index contributed by atoms with van der Waals surface area (Å²) >= 11 is 0. The van der Waals surface area contributed by atoms with Crippen molar-refractivity contribution >= 4 is 0 Å². The van der Waals surface area contributed by atoms with Crippen LogP contribution in [0.3, 0.4) is 0 Å². The zero-order valence-electron chi connectivity index (χ0n) is 29.6. The number of nitrogens with zero attached hydrogens (tertiary/aromatic N) is 8. The molecule has 0 spiro atoms. The van der Waals surface area contributed by atoms with E-state index in [-0.39, 0.29) is 0 Å². The Morgan fingerprint density at radius 3 is 0.771 bits per heavy atom. The molecule has 0 bridgehead atoms. The van der Waals surface area contributed by atoms with Crippen LogP contribution in [0, 0.1) is 0 Å². The lowest BCUT2D eigenvalue weighted by molar-refractivity contribution is 0.317. The highest BCUT2D eigenvalue weighted by molar-refractivity contribution is 5.17. The van der Waals surface area contributed by atoms with Crippen LogP contribution in [0.15, 0.2) is 98.1 Å². The van der Waals surface area contributed by atoms with Crippen molar-refractivity contribution in [2.45, 2.75) is 75.5 Å². The van der Waals surface area contributed by atoms with E-state index in [0.29, 0.717) is 24.2 Å². The topological polar surface area (TPSA) is 64.5 Å². The summed E-state index contributed by atoms with van der Waals surface area (Å²) in [6.45, 7) is 4.89. The third kappa shape index (κ3) is 10.2. The van der Waals surface area contributed by atoms with Crippen molar-refractivity contribution in [1.82, 2.24) is 39.5 Å². The maximum Gasteiger partial charge on any atom is 0.0360 e. The maximum atomic E-state index is 4.14. The van der Waals surface area contributed by atoms with Gasteiger partial charge in [0.05, 0.1) is 0 Å². The van der Waals surface area contributed by atoms with Crippen molar-refractivity contribution in [2.75, 3.05) is 54.4 Å². The molecule has 0 aliphatic carbocycles. The van der Waals surface area contributed by atoms with E-state index in [1.165, 1.54) is 99.8 Å². The van der Waals surface area contributed by atoms with E-state index in [2.05, 4.69) is 92.0 Å². The lowest BCUT2D eigenvalue weighted by atomic mass is 10.1.